The minimum atomic E-state index is -2.86. The Morgan fingerprint density at radius 1 is 1.21 bits per heavy atom. The van der Waals surface area contributed by atoms with Gasteiger partial charge < -0.3 is 9.47 Å². The fourth-order valence-electron chi connectivity index (χ4n) is 4.07. The molecule has 0 bridgehead atoms. The second kappa shape index (κ2) is 6.15. The predicted molar refractivity (Wildman–Crippen MR) is 83.6 cm³/mol. The van der Waals surface area contributed by atoms with Crippen LogP contribution in [-0.4, -0.2) is 48.2 Å². The van der Waals surface area contributed by atoms with Gasteiger partial charge in [-0.05, 0) is 32.6 Å². The lowest BCUT2D eigenvalue weighted by molar-refractivity contribution is -0.157. The molecule has 138 valence electrons. The van der Waals surface area contributed by atoms with Crippen molar-refractivity contribution in [1.29, 1.82) is 0 Å². The van der Waals surface area contributed by atoms with Crippen molar-refractivity contribution >= 4 is 12.1 Å². The maximum absolute atomic E-state index is 14.3. The minimum absolute atomic E-state index is 0.170. The number of methoxy groups -OCH3 is 1. The van der Waals surface area contributed by atoms with Gasteiger partial charge in [0.25, 0.3) is 5.92 Å². The van der Waals surface area contributed by atoms with Crippen molar-refractivity contribution in [2.45, 2.75) is 58.6 Å². The molecule has 5 atom stereocenters. The van der Waals surface area contributed by atoms with E-state index in [2.05, 4.69) is 0 Å². The van der Waals surface area contributed by atoms with E-state index in [1.54, 1.807) is 27.7 Å². The van der Waals surface area contributed by atoms with Crippen molar-refractivity contribution in [3.8, 4) is 0 Å². The van der Waals surface area contributed by atoms with Crippen LogP contribution in [0.5, 0.6) is 0 Å². The van der Waals surface area contributed by atoms with E-state index in [9.17, 15) is 18.4 Å². The second-order valence-electron chi connectivity index (χ2n) is 8.07. The molecule has 0 aromatic rings. The van der Waals surface area contributed by atoms with Gasteiger partial charge in [0.15, 0.2) is 0 Å². The first-order valence-electron chi connectivity index (χ1n) is 8.34. The molecule has 2 rings (SSSR count). The SMILES string of the molecule is COC(=O)[C@@H]1[C@@H]2[C@H](CN1C(=O)OC(C)(C)C)[C@@H](C)CC(F)(F)[C@H]2C. The third kappa shape index (κ3) is 3.35. The highest BCUT2D eigenvalue weighted by Crippen LogP contribution is 2.53. The van der Waals surface area contributed by atoms with Gasteiger partial charge in [-0.15, -0.1) is 0 Å². The van der Waals surface area contributed by atoms with E-state index >= 15 is 0 Å². The van der Waals surface area contributed by atoms with Crippen molar-refractivity contribution in [2.75, 3.05) is 13.7 Å². The molecule has 1 amide bonds. The third-order valence-electron chi connectivity index (χ3n) is 5.24. The van der Waals surface area contributed by atoms with Crippen molar-refractivity contribution < 1.29 is 27.8 Å². The molecule has 1 saturated carbocycles. The number of likely N-dealkylation sites (tertiary alicyclic amines) is 1. The number of carbonyl (C=O) groups excluding carboxylic acids is 2. The van der Waals surface area contributed by atoms with E-state index in [1.807, 2.05) is 0 Å². The summed E-state index contributed by atoms with van der Waals surface area (Å²) in [7, 11) is 1.21. The molecule has 0 aromatic carbocycles. The van der Waals surface area contributed by atoms with Crippen molar-refractivity contribution in [2.24, 2.45) is 23.7 Å². The van der Waals surface area contributed by atoms with Crippen LogP contribution in [0.25, 0.3) is 0 Å². The number of alkyl halides is 2. The third-order valence-corrected chi connectivity index (χ3v) is 5.24. The summed E-state index contributed by atoms with van der Waals surface area (Å²) in [6.45, 7) is 8.62. The molecule has 1 aliphatic heterocycles. The standard InChI is InChI=1S/C17H27F2NO4/c1-9-7-17(18,19)10(2)12-11(9)8-20(13(12)14(21)23-6)15(22)24-16(3,4)5/h9-13H,7-8H2,1-6H3/t9-,10-,11+,12-,13-/m0/s1. The fraction of sp³-hybridized carbons (Fsp3) is 0.882. The molecule has 0 unspecified atom stereocenters. The molecule has 0 radical (unpaired) electrons. The Morgan fingerprint density at radius 2 is 1.79 bits per heavy atom. The summed E-state index contributed by atoms with van der Waals surface area (Å²) in [5.74, 6) is -5.63. The number of ether oxygens (including phenoxy) is 2. The van der Waals surface area contributed by atoms with E-state index in [-0.39, 0.29) is 24.8 Å². The summed E-state index contributed by atoms with van der Waals surface area (Å²) < 4.78 is 38.9. The highest BCUT2D eigenvalue weighted by Gasteiger charge is 2.61. The summed E-state index contributed by atoms with van der Waals surface area (Å²) in [6.07, 6.45) is -0.888. The Bertz CT molecular complexity index is 517. The maximum atomic E-state index is 14.3. The van der Waals surface area contributed by atoms with Crippen LogP contribution in [-0.2, 0) is 14.3 Å². The Balaban J connectivity index is 2.37. The molecular formula is C17H27F2NO4. The predicted octanol–water partition coefficient (Wildman–Crippen LogP) is 3.32. The van der Waals surface area contributed by atoms with Gasteiger partial charge in [-0.2, -0.15) is 0 Å². The van der Waals surface area contributed by atoms with Crippen molar-refractivity contribution in [3.05, 3.63) is 0 Å². The fourth-order valence-corrected chi connectivity index (χ4v) is 4.07. The smallest absolute Gasteiger partial charge is 0.411 e. The molecule has 1 heterocycles. The average molecular weight is 347 g/mol. The molecule has 0 N–H and O–H groups in total. The molecule has 1 saturated heterocycles. The lowest BCUT2D eigenvalue weighted by Gasteiger charge is -2.42. The first-order chi connectivity index (χ1) is 10.9. The molecule has 24 heavy (non-hydrogen) atoms. The summed E-state index contributed by atoms with van der Waals surface area (Å²) in [4.78, 5) is 26.1. The van der Waals surface area contributed by atoms with Crippen LogP contribution in [0.3, 0.4) is 0 Å². The zero-order valence-electron chi connectivity index (χ0n) is 15.1. The summed E-state index contributed by atoms with van der Waals surface area (Å²) in [6, 6.07) is -1.03. The molecule has 2 aliphatic rings. The Labute approximate surface area is 141 Å². The molecule has 1 aliphatic carbocycles. The van der Waals surface area contributed by atoms with Gasteiger partial charge in [-0.3, -0.25) is 4.90 Å². The number of nitrogens with zero attached hydrogens (tertiary/aromatic N) is 1. The van der Waals surface area contributed by atoms with Crippen LogP contribution in [0.15, 0.2) is 0 Å². The number of hydrogen-bond donors (Lipinski definition) is 0. The number of fused-ring (bicyclic) bond motifs is 1. The Hall–Kier alpha value is -1.40. The first kappa shape index (κ1) is 18.9. The summed E-state index contributed by atoms with van der Waals surface area (Å²) >= 11 is 0. The van der Waals surface area contributed by atoms with Crippen LogP contribution in [0.2, 0.25) is 0 Å². The van der Waals surface area contributed by atoms with Crippen LogP contribution in [0.4, 0.5) is 13.6 Å². The quantitative estimate of drug-likeness (QED) is 0.683. The largest absolute Gasteiger partial charge is 0.467 e. The van der Waals surface area contributed by atoms with E-state index in [0.717, 1.165) is 0 Å². The van der Waals surface area contributed by atoms with Gasteiger partial charge in [-0.1, -0.05) is 13.8 Å². The summed E-state index contributed by atoms with van der Waals surface area (Å²) in [5, 5.41) is 0. The number of rotatable bonds is 1. The first-order valence-corrected chi connectivity index (χ1v) is 8.34. The van der Waals surface area contributed by atoms with Crippen LogP contribution in [0.1, 0.15) is 41.0 Å². The molecular weight excluding hydrogens is 320 g/mol. The maximum Gasteiger partial charge on any atom is 0.411 e. The minimum Gasteiger partial charge on any atom is -0.467 e. The summed E-state index contributed by atoms with van der Waals surface area (Å²) in [5.41, 5.74) is -0.729. The Morgan fingerprint density at radius 3 is 2.29 bits per heavy atom. The second-order valence-corrected chi connectivity index (χ2v) is 8.07. The van der Waals surface area contributed by atoms with Crippen LogP contribution < -0.4 is 0 Å². The van der Waals surface area contributed by atoms with E-state index < -0.39 is 41.5 Å². The zero-order valence-corrected chi connectivity index (χ0v) is 15.1. The van der Waals surface area contributed by atoms with Gasteiger partial charge >= 0.3 is 12.1 Å². The lowest BCUT2D eigenvalue weighted by Crippen LogP contribution is -2.51. The van der Waals surface area contributed by atoms with E-state index in [0.29, 0.717) is 0 Å². The number of amides is 1. The Kier molecular flexibility index (Phi) is 4.85. The molecule has 7 heteroatoms. The van der Waals surface area contributed by atoms with E-state index in [4.69, 9.17) is 9.47 Å². The average Bonchev–Trinajstić information content (AvgIpc) is 2.82. The van der Waals surface area contributed by atoms with Crippen molar-refractivity contribution in [1.82, 2.24) is 4.90 Å². The van der Waals surface area contributed by atoms with Gasteiger partial charge in [0.1, 0.15) is 11.6 Å². The highest BCUT2D eigenvalue weighted by atomic mass is 19.3. The van der Waals surface area contributed by atoms with Gasteiger partial charge in [0.2, 0.25) is 0 Å². The number of carbonyl (C=O) groups is 2. The monoisotopic (exact) mass is 347 g/mol. The van der Waals surface area contributed by atoms with Gasteiger partial charge in [0, 0.05) is 24.8 Å². The molecule has 0 aromatic heterocycles. The van der Waals surface area contributed by atoms with Crippen LogP contribution >= 0.6 is 0 Å². The molecule has 5 nitrogen and oxygen atoms in total. The number of halogens is 2. The highest BCUT2D eigenvalue weighted by molar-refractivity contribution is 5.82. The van der Waals surface area contributed by atoms with Crippen molar-refractivity contribution in [3.63, 3.8) is 0 Å². The number of hydrogen-bond acceptors (Lipinski definition) is 4. The molecule has 0 spiro atoms. The van der Waals surface area contributed by atoms with Gasteiger partial charge in [0.05, 0.1) is 7.11 Å². The van der Waals surface area contributed by atoms with Gasteiger partial charge in [-0.25, -0.2) is 18.4 Å². The normalized spacial score (nSPS) is 35.3. The topological polar surface area (TPSA) is 55.8 Å². The van der Waals surface area contributed by atoms with Crippen LogP contribution in [0, 0.1) is 23.7 Å². The lowest BCUT2D eigenvalue weighted by atomic mass is 9.65. The number of esters is 1. The zero-order chi connectivity index (χ0) is 18.4. The van der Waals surface area contributed by atoms with E-state index in [1.165, 1.54) is 18.9 Å². The molecule has 2 fully saturated rings.